The quantitative estimate of drug-likeness (QED) is 0.239. The van der Waals surface area contributed by atoms with Crippen molar-refractivity contribution in [3.05, 3.63) is 47.5 Å². The number of aromatic hydroxyl groups is 2. The number of hydrogen-bond acceptors (Lipinski definition) is 7. The minimum atomic E-state index is -3.18. The van der Waals surface area contributed by atoms with Crippen LogP contribution in [-0.2, 0) is 22.7 Å². The van der Waals surface area contributed by atoms with E-state index >= 15 is 0 Å². The number of nitrogens with one attached hydrogen (secondary N) is 1. The molecule has 1 unspecified atom stereocenters. The molecule has 1 atom stereocenters. The Labute approximate surface area is 216 Å². The number of hydrogen-bond donors (Lipinski definition) is 3. The summed E-state index contributed by atoms with van der Waals surface area (Å²) in [6.45, 7) is 6.71. The summed E-state index contributed by atoms with van der Waals surface area (Å²) >= 11 is 0. The molecule has 1 aliphatic carbocycles. The highest BCUT2D eigenvalue weighted by Crippen LogP contribution is 2.36. The summed E-state index contributed by atoms with van der Waals surface area (Å²) < 4.78 is 28.7. The molecule has 7 nitrogen and oxygen atoms in total. The molecule has 8 heteroatoms. The second-order valence-electron chi connectivity index (χ2n) is 9.76. The third kappa shape index (κ3) is 8.39. The maximum atomic E-state index is 11.5. The van der Waals surface area contributed by atoms with Gasteiger partial charge in [0.05, 0.1) is 4.90 Å². The van der Waals surface area contributed by atoms with Crippen molar-refractivity contribution in [2.45, 2.75) is 69.2 Å². The molecule has 0 spiro atoms. The van der Waals surface area contributed by atoms with Gasteiger partial charge in [-0.15, -0.1) is 0 Å². The van der Waals surface area contributed by atoms with Crippen LogP contribution in [0.3, 0.4) is 0 Å². The molecule has 0 fully saturated rings. The summed E-state index contributed by atoms with van der Waals surface area (Å²) in [6.07, 6.45) is 9.86. The summed E-state index contributed by atoms with van der Waals surface area (Å²) in [5, 5.41) is 23.3. The summed E-state index contributed by atoms with van der Waals surface area (Å²) in [4.78, 5) is 2.92. The normalized spacial score (nSPS) is 15.7. The van der Waals surface area contributed by atoms with Crippen molar-refractivity contribution in [2.24, 2.45) is 0 Å². The first-order chi connectivity index (χ1) is 17.3. The fraction of sp³-hybridized carbons (Fsp3) is 0.571. The highest BCUT2D eigenvalue weighted by molar-refractivity contribution is 7.90. The number of sulfone groups is 1. The van der Waals surface area contributed by atoms with Crippen LogP contribution in [0.15, 0.2) is 41.3 Å². The van der Waals surface area contributed by atoms with Crippen LogP contribution in [0.4, 0.5) is 0 Å². The predicted molar refractivity (Wildman–Crippen MR) is 144 cm³/mol. The minimum Gasteiger partial charge on any atom is -0.504 e. The van der Waals surface area contributed by atoms with E-state index < -0.39 is 9.84 Å². The average molecular weight is 519 g/mol. The van der Waals surface area contributed by atoms with Gasteiger partial charge in [-0.3, -0.25) is 0 Å². The van der Waals surface area contributed by atoms with Gasteiger partial charge in [-0.2, -0.15) is 0 Å². The Bertz CT molecular complexity index is 1060. The number of fused-ring (bicyclic) bond motifs is 1. The van der Waals surface area contributed by atoms with Crippen molar-refractivity contribution >= 4 is 9.84 Å². The third-order valence-electron chi connectivity index (χ3n) is 6.92. The molecule has 36 heavy (non-hydrogen) atoms. The molecule has 200 valence electrons. The van der Waals surface area contributed by atoms with Crippen LogP contribution in [0.2, 0.25) is 0 Å². The van der Waals surface area contributed by atoms with Crippen LogP contribution in [0, 0.1) is 0 Å². The van der Waals surface area contributed by atoms with E-state index in [4.69, 9.17) is 4.74 Å². The number of benzene rings is 2. The Morgan fingerprint density at radius 3 is 2.47 bits per heavy atom. The van der Waals surface area contributed by atoms with E-state index in [9.17, 15) is 18.6 Å². The molecule has 0 saturated heterocycles. The van der Waals surface area contributed by atoms with Crippen molar-refractivity contribution in [3.63, 3.8) is 0 Å². The molecular weight excluding hydrogens is 476 g/mol. The zero-order chi connectivity index (χ0) is 26.0. The van der Waals surface area contributed by atoms with E-state index in [1.165, 1.54) is 31.1 Å². The standard InChI is InChI=1S/C28H42N2O5S/c1-3-18-30(23-9-14-26-22(21-23)8-15-27(31)28(26)32)19-7-5-4-6-16-29-17-20-35-24-10-12-25(13-11-24)36(2,33)34/h8,10-13,15,23,29,31-32H,3-7,9,14,16-21H2,1-2H3. The maximum Gasteiger partial charge on any atom is 0.175 e. The second kappa shape index (κ2) is 13.9. The first-order valence-corrected chi connectivity index (χ1v) is 15.1. The summed E-state index contributed by atoms with van der Waals surface area (Å²) in [6, 6.07) is 10.6. The molecule has 0 saturated carbocycles. The zero-order valence-electron chi connectivity index (χ0n) is 21.7. The monoisotopic (exact) mass is 518 g/mol. The first kappa shape index (κ1) is 28.3. The van der Waals surface area contributed by atoms with E-state index in [2.05, 4.69) is 17.1 Å². The first-order valence-electron chi connectivity index (χ1n) is 13.2. The molecule has 0 aliphatic heterocycles. The largest absolute Gasteiger partial charge is 0.504 e. The van der Waals surface area contributed by atoms with Crippen LogP contribution >= 0.6 is 0 Å². The Morgan fingerprint density at radius 1 is 1.00 bits per heavy atom. The highest BCUT2D eigenvalue weighted by atomic mass is 32.2. The van der Waals surface area contributed by atoms with Crippen molar-refractivity contribution < 1.29 is 23.4 Å². The van der Waals surface area contributed by atoms with Gasteiger partial charge in [0.25, 0.3) is 0 Å². The van der Waals surface area contributed by atoms with Crippen molar-refractivity contribution in [1.82, 2.24) is 10.2 Å². The number of rotatable bonds is 15. The van der Waals surface area contributed by atoms with Crippen LogP contribution < -0.4 is 10.1 Å². The lowest BCUT2D eigenvalue weighted by molar-refractivity contribution is 0.175. The molecule has 2 aromatic rings. The topological polar surface area (TPSA) is 99.1 Å². The molecule has 0 radical (unpaired) electrons. The second-order valence-corrected chi connectivity index (χ2v) is 11.8. The minimum absolute atomic E-state index is 0.0131. The van der Waals surface area contributed by atoms with Crippen molar-refractivity contribution in [2.75, 3.05) is 39.0 Å². The van der Waals surface area contributed by atoms with E-state index in [1.54, 1.807) is 30.3 Å². The van der Waals surface area contributed by atoms with E-state index in [-0.39, 0.29) is 11.5 Å². The zero-order valence-corrected chi connectivity index (χ0v) is 22.5. The van der Waals surface area contributed by atoms with Gasteiger partial charge in [-0.25, -0.2) is 8.42 Å². The SMILES string of the molecule is CCCN(CCCCCCNCCOc1ccc(S(C)(=O)=O)cc1)C1CCc2c(ccc(O)c2O)C1. The van der Waals surface area contributed by atoms with Gasteiger partial charge in [0.1, 0.15) is 12.4 Å². The third-order valence-corrected chi connectivity index (χ3v) is 8.05. The number of ether oxygens (including phenoxy) is 1. The molecular formula is C28H42N2O5S. The molecule has 0 bridgehead atoms. The van der Waals surface area contributed by atoms with Crippen LogP contribution in [0.1, 0.15) is 56.6 Å². The predicted octanol–water partition coefficient (Wildman–Crippen LogP) is 4.30. The van der Waals surface area contributed by atoms with Crippen LogP contribution in [0.5, 0.6) is 17.2 Å². The van der Waals surface area contributed by atoms with Crippen LogP contribution in [0.25, 0.3) is 0 Å². The number of nitrogens with zero attached hydrogens (tertiary/aromatic N) is 1. The highest BCUT2D eigenvalue weighted by Gasteiger charge is 2.26. The summed E-state index contributed by atoms with van der Waals surface area (Å²) in [5.41, 5.74) is 2.09. The molecule has 0 amide bonds. The smallest absolute Gasteiger partial charge is 0.175 e. The van der Waals surface area contributed by atoms with Gasteiger partial charge in [0.2, 0.25) is 0 Å². The van der Waals surface area contributed by atoms with Gasteiger partial charge >= 0.3 is 0 Å². The van der Waals surface area contributed by atoms with E-state index in [1.807, 2.05) is 6.07 Å². The molecule has 0 heterocycles. The summed E-state index contributed by atoms with van der Waals surface area (Å²) in [5.74, 6) is 0.731. The maximum absolute atomic E-state index is 11.5. The Kier molecular flexibility index (Phi) is 10.9. The lowest BCUT2D eigenvalue weighted by Gasteiger charge is -2.35. The Hall–Kier alpha value is -2.29. The fourth-order valence-corrected chi connectivity index (χ4v) is 5.58. The summed E-state index contributed by atoms with van der Waals surface area (Å²) in [7, 11) is -3.18. The lowest BCUT2D eigenvalue weighted by atomic mass is 9.86. The number of phenolic OH excluding ortho intramolecular Hbond substituents is 2. The van der Waals surface area contributed by atoms with Gasteiger partial charge in [-0.05, 0) is 94.1 Å². The van der Waals surface area contributed by atoms with Gasteiger partial charge in [0.15, 0.2) is 21.3 Å². The fourth-order valence-electron chi connectivity index (χ4n) is 4.95. The van der Waals surface area contributed by atoms with E-state index in [0.717, 1.165) is 63.8 Å². The van der Waals surface area contributed by atoms with E-state index in [0.29, 0.717) is 23.3 Å². The van der Waals surface area contributed by atoms with Gasteiger partial charge < -0.3 is 25.2 Å². The molecule has 3 rings (SSSR count). The Morgan fingerprint density at radius 2 is 1.75 bits per heavy atom. The molecule has 0 aromatic heterocycles. The Balaban J connectivity index is 1.26. The number of unbranched alkanes of at least 4 members (excludes halogenated alkanes) is 3. The lowest BCUT2D eigenvalue weighted by Crippen LogP contribution is -2.40. The van der Waals surface area contributed by atoms with Crippen molar-refractivity contribution in [1.29, 1.82) is 0 Å². The van der Waals surface area contributed by atoms with Gasteiger partial charge in [-0.1, -0.05) is 25.8 Å². The van der Waals surface area contributed by atoms with Crippen molar-refractivity contribution in [3.8, 4) is 17.2 Å². The average Bonchev–Trinajstić information content (AvgIpc) is 2.86. The molecule has 2 aromatic carbocycles. The molecule has 1 aliphatic rings. The van der Waals surface area contributed by atoms with Crippen LogP contribution in [-0.4, -0.2) is 68.6 Å². The molecule has 3 N–H and O–H groups in total. The van der Waals surface area contributed by atoms with Gasteiger partial charge in [0, 0.05) is 24.4 Å². The number of phenols is 2.